The minimum absolute atomic E-state index is 0.340. The zero-order chi connectivity index (χ0) is 20.9. The second kappa shape index (κ2) is 8.78. The molecule has 1 aromatic heterocycles. The Balaban J connectivity index is 1.80. The summed E-state index contributed by atoms with van der Waals surface area (Å²) in [7, 11) is 3.43. The number of esters is 1. The quantitative estimate of drug-likeness (QED) is 0.347. The van der Waals surface area contributed by atoms with Crippen LogP contribution in [-0.2, 0) is 23.0 Å². The Morgan fingerprint density at radius 2 is 1.47 bits per heavy atom. The van der Waals surface area contributed by atoms with Crippen LogP contribution in [0.4, 0.5) is 0 Å². The van der Waals surface area contributed by atoms with E-state index in [1.54, 1.807) is 0 Å². The first-order valence-electron chi connectivity index (χ1n) is 9.97. The average Bonchev–Trinajstić information content (AvgIpc) is 3.12. The van der Waals surface area contributed by atoms with E-state index >= 15 is 0 Å². The number of rotatable bonds is 6. The van der Waals surface area contributed by atoms with E-state index in [1.807, 2.05) is 79.8 Å². The fourth-order valence-corrected chi connectivity index (χ4v) is 3.78. The number of hydrogen-bond donors (Lipinski definition) is 0. The topological polar surface area (TPSA) is 43.6 Å². The van der Waals surface area contributed by atoms with E-state index < -0.39 is 6.04 Å². The van der Waals surface area contributed by atoms with Gasteiger partial charge in [0.25, 0.3) is 0 Å². The molecule has 0 spiro atoms. The third kappa shape index (κ3) is 4.03. The van der Waals surface area contributed by atoms with E-state index in [1.165, 1.54) is 7.11 Å². The molecule has 0 N–H and O–H groups in total. The summed E-state index contributed by atoms with van der Waals surface area (Å²) in [6.07, 6.45) is 2.54. The van der Waals surface area contributed by atoms with Crippen LogP contribution in [0, 0.1) is 0 Å². The van der Waals surface area contributed by atoms with E-state index in [0.717, 1.165) is 33.3 Å². The van der Waals surface area contributed by atoms with Crippen molar-refractivity contribution in [2.24, 2.45) is 12.0 Å². The number of para-hydroxylation sites is 1. The Kier molecular flexibility index (Phi) is 5.75. The highest BCUT2D eigenvalue weighted by Gasteiger charge is 2.22. The number of aromatic nitrogens is 1. The van der Waals surface area contributed by atoms with Gasteiger partial charge in [-0.2, -0.15) is 0 Å². The van der Waals surface area contributed by atoms with Gasteiger partial charge in [0.05, 0.1) is 12.8 Å². The number of hydrogen-bond acceptors (Lipinski definition) is 3. The average molecular weight is 396 g/mol. The van der Waals surface area contributed by atoms with E-state index in [4.69, 9.17) is 9.73 Å². The largest absolute Gasteiger partial charge is 0.467 e. The highest BCUT2D eigenvalue weighted by molar-refractivity contribution is 6.13. The lowest BCUT2D eigenvalue weighted by atomic mass is 10.0. The van der Waals surface area contributed by atoms with Crippen LogP contribution < -0.4 is 0 Å². The molecular formula is C26H24N2O2. The van der Waals surface area contributed by atoms with Gasteiger partial charge in [-0.25, -0.2) is 4.79 Å². The van der Waals surface area contributed by atoms with Crippen molar-refractivity contribution in [1.29, 1.82) is 0 Å². The molecule has 1 unspecified atom stereocenters. The number of ether oxygens (including phenoxy) is 1. The number of carbonyl (C=O) groups is 1. The summed E-state index contributed by atoms with van der Waals surface area (Å²) in [4.78, 5) is 17.7. The fraction of sp³-hybridized carbons (Fsp3) is 0.154. The molecule has 1 atom stereocenters. The van der Waals surface area contributed by atoms with E-state index in [9.17, 15) is 4.79 Å². The van der Waals surface area contributed by atoms with Gasteiger partial charge in [-0.3, -0.25) is 4.99 Å². The van der Waals surface area contributed by atoms with Crippen molar-refractivity contribution >= 4 is 22.6 Å². The lowest BCUT2D eigenvalue weighted by Gasteiger charge is -2.14. The zero-order valence-electron chi connectivity index (χ0n) is 17.2. The third-order valence-electron chi connectivity index (χ3n) is 5.25. The Labute approximate surface area is 176 Å². The Morgan fingerprint density at radius 1 is 0.900 bits per heavy atom. The standard InChI is InChI=1S/C26H24N2O2/c1-28-18-21(22-15-9-10-16-24(22)28)17-23(26(29)30-2)27-25(19-11-5-3-6-12-19)20-13-7-4-8-14-20/h3-16,18,23H,17H2,1-2H3. The summed E-state index contributed by atoms with van der Waals surface area (Å²) < 4.78 is 7.20. The van der Waals surface area contributed by atoms with Crippen molar-refractivity contribution in [1.82, 2.24) is 4.57 Å². The second-order valence-corrected chi connectivity index (χ2v) is 7.24. The van der Waals surface area contributed by atoms with Gasteiger partial charge in [-0.05, 0) is 11.6 Å². The van der Waals surface area contributed by atoms with Crippen molar-refractivity contribution in [3.8, 4) is 0 Å². The smallest absolute Gasteiger partial charge is 0.330 e. The predicted octanol–water partition coefficient (Wildman–Crippen LogP) is 4.80. The van der Waals surface area contributed by atoms with Crippen LogP contribution >= 0.6 is 0 Å². The molecule has 4 aromatic rings. The number of benzene rings is 3. The molecule has 0 aliphatic rings. The molecule has 4 rings (SSSR count). The molecule has 150 valence electrons. The van der Waals surface area contributed by atoms with Crippen LogP contribution in [0.1, 0.15) is 16.7 Å². The Bertz CT molecular complexity index is 1140. The summed E-state index contributed by atoms with van der Waals surface area (Å²) in [6, 6.07) is 27.5. The van der Waals surface area contributed by atoms with Crippen LogP contribution in [0.3, 0.4) is 0 Å². The van der Waals surface area contributed by atoms with Crippen LogP contribution in [0.2, 0.25) is 0 Å². The number of methoxy groups -OCH3 is 1. The zero-order valence-corrected chi connectivity index (χ0v) is 17.2. The van der Waals surface area contributed by atoms with Crippen LogP contribution in [-0.4, -0.2) is 29.4 Å². The van der Waals surface area contributed by atoms with Gasteiger partial charge in [-0.1, -0.05) is 78.9 Å². The number of nitrogens with zero attached hydrogens (tertiary/aromatic N) is 2. The molecule has 30 heavy (non-hydrogen) atoms. The molecule has 4 nitrogen and oxygen atoms in total. The molecule has 3 aromatic carbocycles. The Hall–Kier alpha value is -3.66. The lowest BCUT2D eigenvalue weighted by Crippen LogP contribution is -2.25. The maximum atomic E-state index is 12.7. The third-order valence-corrected chi connectivity index (χ3v) is 5.25. The molecule has 0 aliphatic carbocycles. The molecule has 0 saturated carbocycles. The van der Waals surface area contributed by atoms with Gasteiger partial charge >= 0.3 is 5.97 Å². The second-order valence-electron chi connectivity index (χ2n) is 7.24. The van der Waals surface area contributed by atoms with Gasteiger partial charge in [0.15, 0.2) is 6.04 Å². The summed E-state index contributed by atoms with van der Waals surface area (Å²) in [5, 5.41) is 1.13. The minimum atomic E-state index is -0.642. The normalized spacial score (nSPS) is 11.8. The van der Waals surface area contributed by atoms with E-state index in [0.29, 0.717) is 6.42 Å². The van der Waals surface area contributed by atoms with Crippen molar-refractivity contribution in [3.05, 3.63) is 108 Å². The van der Waals surface area contributed by atoms with Crippen LogP contribution in [0.15, 0.2) is 96.1 Å². The molecule has 0 fully saturated rings. The predicted molar refractivity (Wildman–Crippen MR) is 121 cm³/mol. The van der Waals surface area contributed by atoms with Crippen molar-refractivity contribution in [2.75, 3.05) is 7.11 Å². The summed E-state index contributed by atoms with van der Waals surface area (Å²) in [5.74, 6) is -0.340. The van der Waals surface area contributed by atoms with Gasteiger partial charge in [-0.15, -0.1) is 0 Å². The first-order valence-corrected chi connectivity index (χ1v) is 9.97. The number of aryl methyl sites for hydroxylation is 1. The molecule has 0 radical (unpaired) electrons. The molecule has 0 amide bonds. The molecular weight excluding hydrogens is 372 g/mol. The van der Waals surface area contributed by atoms with Gasteiger partial charge in [0.2, 0.25) is 0 Å². The highest BCUT2D eigenvalue weighted by Crippen LogP contribution is 2.23. The maximum Gasteiger partial charge on any atom is 0.330 e. The number of aliphatic imine (C=N–C) groups is 1. The van der Waals surface area contributed by atoms with Gasteiger partial charge in [0.1, 0.15) is 0 Å². The molecule has 4 heteroatoms. The first-order chi connectivity index (χ1) is 14.7. The summed E-state index contributed by atoms with van der Waals surface area (Å²) in [6.45, 7) is 0. The molecule has 0 aliphatic heterocycles. The van der Waals surface area contributed by atoms with Crippen LogP contribution in [0.5, 0.6) is 0 Å². The monoisotopic (exact) mass is 396 g/mol. The van der Waals surface area contributed by atoms with Gasteiger partial charge in [0, 0.05) is 41.7 Å². The summed E-state index contributed by atoms with van der Waals surface area (Å²) >= 11 is 0. The highest BCUT2D eigenvalue weighted by atomic mass is 16.5. The Morgan fingerprint density at radius 3 is 2.07 bits per heavy atom. The first kappa shape index (κ1) is 19.6. The van der Waals surface area contributed by atoms with Crippen molar-refractivity contribution in [2.45, 2.75) is 12.5 Å². The fourth-order valence-electron chi connectivity index (χ4n) is 3.78. The van der Waals surface area contributed by atoms with E-state index in [2.05, 4.69) is 22.9 Å². The summed E-state index contributed by atoms with van der Waals surface area (Å²) in [5.41, 5.74) is 4.93. The minimum Gasteiger partial charge on any atom is -0.467 e. The maximum absolute atomic E-state index is 12.7. The van der Waals surface area contributed by atoms with Crippen molar-refractivity contribution in [3.63, 3.8) is 0 Å². The van der Waals surface area contributed by atoms with Gasteiger partial charge < -0.3 is 9.30 Å². The number of fused-ring (bicyclic) bond motifs is 1. The molecule has 0 bridgehead atoms. The van der Waals surface area contributed by atoms with Crippen LogP contribution in [0.25, 0.3) is 10.9 Å². The van der Waals surface area contributed by atoms with E-state index in [-0.39, 0.29) is 5.97 Å². The molecule has 0 saturated heterocycles. The molecule has 1 heterocycles. The lowest BCUT2D eigenvalue weighted by molar-refractivity contribution is -0.142. The SMILES string of the molecule is COC(=O)C(Cc1cn(C)c2ccccc12)N=C(c1ccccc1)c1ccccc1. The van der Waals surface area contributed by atoms with Crippen molar-refractivity contribution < 1.29 is 9.53 Å². The number of carbonyl (C=O) groups excluding carboxylic acids is 1.